The molecule has 2 rings (SSSR count). The molecule has 0 fully saturated rings. The second kappa shape index (κ2) is 4.96. The van der Waals surface area contributed by atoms with Crippen molar-refractivity contribution in [1.29, 1.82) is 0 Å². The van der Waals surface area contributed by atoms with Crippen LogP contribution >= 0.6 is 0 Å². The fraction of sp³-hybridized carbons (Fsp3) is 0.357. The van der Waals surface area contributed by atoms with Crippen LogP contribution in [0.2, 0.25) is 0 Å². The van der Waals surface area contributed by atoms with Crippen LogP contribution < -0.4 is 10.9 Å². The molecule has 0 saturated heterocycles. The van der Waals surface area contributed by atoms with Gasteiger partial charge in [0.15, 0.2) is 0 Å². The average molecular weight is 275 g/mol. The molecule has 1 heterocycles. The zero-order valence-electron chi connectivity index (χ0n) is 11.6. The van der Waals surface area contributed by atoms with Crippen LogP contribution in [-0.4, -0.2) is 21.4 Å². The van der Waals surface area contributed by atoms with Crippen molar-refractivity contribution in [3.05, 3.63) is 40.3 Å². The van der Waals surface area contributed by atoms with Gasteiger partial charge in [0.1, 0.15) is 0 Å². The van der Waals surface area contributed by atoms with Crippen LogP contribution in [-0.2, 0) is 0 Å². The fourth-order valence-electron chi connectivity index (χ4n) is 2.17. The number of aromatic amines is 1. The molecule has 0 radical (unpaired) electrons. The molecule has 0 spiro atoms. The van der Waals surface area contributed by atoms with Crippen molar-refractivity contribution in [2.75, 3.05) is 0 Å². The third-order valence-corrected chi connectivity index (χ3v) is 3.13. The minimum Gasteiger partial charge on any atom is -0.465 e. The summed E-state index contributed by atoms with van der Waals surface area (Å²) in [5.41, 5.74) is -0.144. The van der Waals surface area contributed by atoms with Crippen molar-refractivity contribution in [1.82, 2.24) is 15.5 Å². The number of rotatable bonds is 2. The van der Waals surface area contributed by atoms with Gasteiger partial charge < -0.3 is 10.4 Å². The summed E-state index contributed by atoms with van der Waals surface area (Å²) < 4.78 is 0. The standard InChI is InChI=1S/C14H17N3O3/c1-14(2,3)11(15-13(19)20)10-8-6-4-5-7-9(8)12(18)17-16-10/h4-7,11,15H,1-3H3,(H,17,18)(H,19,20). The molecule has 1 aromatic carbocycles. The smallest absolute Gasteiger partial charge is 0.405 e. The number of fused-ring (bicyclic) bond motifs is 1. The molecule has 1 aromatic heterocycles. The van der Waals surface area contributed by atoms with Gasteiger partial charge in [-0.25, -0.2) is 9.89 Å². The molecule has 3 N–H and O–H groups in total. The predicted molar refractivity (Wildman–Crippen MR) is 75.7 cm³/mol. The molecule has 0 aliphatic heterocycles. The van der Waals surface area contributed by atoms with Gasteiger partial charge in [-0.15, -0.1) is 0 Å². The summed E-state index contributed by atoms with van der Waals surface area (Å²) in [7, 11) is 0. The van der Waals surface area contributed by atoms with Crippen molar-refractivity contribution in [3.63, 3.8) is 0 Å². The molecule has 2 aromatic rings. The first-order valence-corrected chi connectivity index (χ1v) is 6.27. The molecule has 1 amide bonds. The molecule has 1 atom stereocenters. The molecular weight excluding hydrogens is 258 g/mol. The lowest BCUT2D eigenvalue weighted by Gasteiger charge is -2.30. The van der Waals surface area contributed by atoms with E-state index in [9.17, 15) is 9.59 Å². The normalized spacial score (nSPS) is 13.2. The van der Waals surface area contributed by atoms with E-state index in [4.69, 9.17) is 5.11 Å². The van der Waals surface area contributed by atoms with Crippen molar-refractivity contribution < 1.29 is 9.90 Å². The van der Waals surface area contributed by atoms with Crippen LogP contribution in [0.15, 0.2) is 29.1 Å². The molecule has 0 saturated carbocycles. The third-order valence-electron chi connectivity index (χ3n) is 3.13. The number of aromatic nitrogens is 2. The van der Waals surface area contributed by atoms with Gasteiger partial charge in [-0.2, -0.15) is 5.10 Å². The van der Waals surface area contributed by atoms with E-state index in [0.717, 1.165) is 0 Å². The van der Waals surface area contributed by atoms with Gasteiger partial charge >= 0.3 is 6.09 Å². The van der Waals surface area contributed by atoms with Crippen LogP contribution in [0, 0.1) is 5.41 Å². The Bertz CT molecular complexity index is 701. The minimum absolute atomic E-state index is 0.285. The SMILES string of the molecule is CC(C)(C)C(NC(=O)O)c1n[nH]c(=O)c2ccccc12. The Morgan fingerprint density at radius 1 is 1.30 bits per heavy atom. The highest BCUT2D eigenvalue weighted by molar-refractivity contribution is 5.84. The van der Waals surface area contributed by atoms with Gasteiger partial charge in [0.25, 0.3) is 5.56 Å². The van der Waals surface area contributed by atoms with E-state index in [1.54, 1.807) is 24.3 Å². The molecule has 1 unspecified atom stereocenters. The number of carbonyl (C=O) groups is 1. The van der Waals surface area contributed by atoms with E-state index in [1.807, 2.05) is 20.8 Å². The van der Waals surface area contributed by atoms with Crippen molar-refractivity contribution in [2.45, 2.75) is 26.8 Å². The summed E-state index contributed by atoms with van der Waals surface area (Å²) in [4.78, 5) is 22.8. The maximum absolute atomic E-state index is 11.8. The summed E-state index contributed by atoms with van der Waals surface area (Å²) in [6.45, 7) is 5.74. The Hall–Kier alpha value is -2.37. The van der Waals surface area contributed by atoms with E-state index in [1.165, 1.54) is 0 Å². The molecule has 106 valence electrons. The lowest BCUT2D eigenvalue weighted by molar-refractivity contribution is 0.174. The first kappa shape index (κ1) is 14.0. The molecule has 0 aliphatic rings. The monoisotopic (exact) mass is 275 g/mol. The number of nitrogens with one attached hydrogen (secondary N) is 2. The van der Waals surface area contributed by atoms with Gasteiger partial charge in [-0.3, -0.25) is 4.79 Å². The Morgan fingerprint density at radius 3 is 2.45 bits per heavy atom. The number of hydrogen-bond acceptors (Lipinski definition) is 3. The number of amides is 1. The summed E-state index contributed by atoms with van der Waals surface area (Å²) in [5.74, 6) is 0. The number of nitrogens with zero attached hydrogens (tertiary/aromatic N) is 1. The molecule has 0 bridgehead atoms. The van der Waals surface area contributed by atoms with Gasteiger partial charge in [0.2, 0.25) is 0 Å². The highest BCUT2D eigenvalue weighted by Crippen LogP contribution is 2.34. The predicted octanol–water partition coefficient (Wildman–Crippen LogP) is 2.28. The number of hydrogen-bond donors (Lipinski definition) is 3. The summed E-state index contributed by atoms with van der Waals surface area (Å²) in [6.07, 6.45) is -1.12. The third kappa shape index (κ3) is 2.64. The van der Waals surface area contributed by atoms with Crippen molar-refractivity contribution in [2.24, 2.45) is 5.41 Å². The highest BCUT2D eigenvalue weighted by Gasteiger charge is 2.30. The minimum atomic E-state index is -1.12. The maximum Gasteiger partial charge on any atom is 0.405 e. The number of benzene rings is 1. The van der Waals surface area contributed by atoms with E-state index >= 15 is 0 Å². The second-order valence-corrected chi connectivity index (χ2v) is 5.73. The van der Waals surface area contributed by atoms with Crippen LogP contribution in [0.4, 0.5) is 4.79 Å². The quantitative estimate of drug-likeness (QED) is 0.783. The molecular formula is C14H17N3O3. The largest absolute Gasteiger partial charge is 0.465 e. The Labute approximate surface area is 115 Å². The maximum atomic E-state index is 11.8. The average Bonchev–Trinajstić information content (AvgIpc) is 2.36. The van der Waals surface area contributed by atoms with E-state index in [0.29, 0.717) is 16.5 Å². The lowest BCUT2D eigenvalue weighted by atomic mass is 9.83. The number of carboxylic acid groups (broad SMARTS) is 1. The summed E-state index contributed by atoms with van der Waals surface area (Å²) in [5, 5.41) is 19.2. The van der Waals surface area contributed by atoms with Gasteiger partial charge in [0, 0.05) is 5.39 Å². The Balaban J connectivity index is 2.68. The molecule has 20 heavy (non-hydrogen) atoms. The Morgan fingerprint density at radius 2 is 1.90 bits per heavy atom. The lowest BCUT2D eigenvalue weighted by Crippen LogP contribution is -2.37. The number of H-pyrrole nitrogens is 1. The van der Waals surface area contributed by atoms with Crippen molar-refractivity contribution in [3.8, 4) is 0 Å². The van der Waals surface area contributed by atoms with Crippen LogP contribution in [0.25, 0.3) is 10.8 Å². The van der Waals surface area contributed by atoms with E-state index in [2.05, 4.69) is 15.5 Å². The summed E-state index contributed by atoms with van der Waals surface area (Å²) >= 11 is 0. The first-order chi connectivity index (χ1) is 9.30. The van der Waals surface area contributed by atoms with Gasteiger partial charge in [-0.05, 0) is 11.5 Å². The first-order valence-electron chi connectivity index (χ1n) is 6.27. The molecule has 0 aliphatic carbocycles. The zero-order valence-corrected chi connectivity index (χ0v) is 11.6. The highest BCUT2D eigenvalue weighted by atomic mass is 16.4. The summed E-state index contributed by atoms with van der Waals surface area (Å²) in [6, 6.07) is 6.50. The fourth-order valence-corrected chi connectivity index (χ4v) is 2.17. The molecule has 6 nitrogen and oxygen atoms in total. The van der Waals surface area contributed by atoms with Crippen LogP contribution in [0.1, 0.15) is 32.5 Å². The van der Waals surface area contributed by atoms with Gasteiger partial charge in [-0.1, -0.05) is 39.0 Å². The second-order valence-electron chi connectivity index (χ2n) is 5.73. The topological polar surface area (TPSA) is 95.1 Å². The van der Waals surface area contributed by atoms with Gasteiger partial charge in [0.05, 0.1) is 17.1 Å². The molecule has 6 heteroatoms. The van der Waals surface area contributed by atoms with E-state index < -0.39 is 12.1 Å². The van der Waals surface area contributed by atoms with Crippen LogP contribution in [0.5, 0.6) is 0 Å². The zero-order chi connectivity index (χ0) is 14.9. The van der Waals surface area contributed by atoms with Crippen LogP contribution in [0.3, 0.4) is 0 Å². The Kier molecular flexibility index (Phi) is 3.48. The van der Waals surface area contributed by atoms with E-state index in [-0.39, 0.29) is 11.0 Å². The van der Waals surface area contributed by atoms with Crippen molar-refractivity contribution >= 4 is 16.9 Å².